The van der Waals surface area contributed by atoms with E-state index in [2.05, 4.69) is 34.1 Å². The summed E-state index contributed by atoms with van der Waals surface area (Å²) in [7, 11) is -3.75. The van der Waals surface area contributed by atoms with Crippen LogP contribution in [0.5, 0.6) is 0 Å². The first-order valence-electron chi connectivity index (χ1n) is 10.1. The quantitative estimate of drug-likeness (QED) is 0.363. The highest BCUT2D eigenvalue weighted by Crippen LogP contribution is 2.23. The van der Waals surface area contributed by atoms with Crippen LogP contribution < -0.4 is 10.8 Å². The zero-order chi connectivity index (χ0) is 22.5. The number of hydrogen-bond donors (Lipinski definition) is 3. The normalized spacial score (nSPS) is 16.5. The van der Waals surface area contributed by atoms with Gasteiger partial charge in [0.05, 0.1) is 5.52 Å². The molecule has 2 aromatic rings. The van der Waals surface area contributed by atoms with E-state index in [9.17, 15) is 13.2 Å². The first-order valence-corrected chi connectivity index (χ1v) is 12.0. The molecule has 1 amide bonds. The van der Waals surface area contributed by atoms with Crippen molar-refractivity contribution < 1.29 is 18.4 Å². The zero-order valence-electron chi connectivity index (χ0n) is 17.6. The monoisotopic (exact) mass is 442 g/mol. The average Bonchev–Trinajstić information content (AvgIpc) is 3.16. The van der Waals surface area contributed by atoms with E-state index in [1.165, 1.54) is 12.4 Å². The minimum atomic E-state index is -3.75. The van der Waals surface area contributed by atoms with Crippen LogP contribution in [0.25, 0.3) is 10.9 Å². The summed E-state index contributed by atoms with van der Waals surface area (Å²) in [5, 5.41) is 17.5. The van der Waals surface area contributed by atoms with Crippen molar-refractivity contribution >= 4 is 26.6 Å². The maximum Gasteiger partial charge on any atom is 0.264 e. The maximum atomic E-state index is 12.1. The van der Waals surface area contributed by atoms with E-state index < -0.39 is 20.5 Å². The minimum Gasteiger partial charge on any atom is -0.317 e. The third-order valence-corrected chi connectivity index (χ3v) is 7.68. The molecule has 0 saturated carbocycles. The van der Waals surface area contributed by atoms with Crippen molar-refractivity contribution in [2.75, 3.05) is 19.3 Å². The highest BCUT2D eigenvalue weighted by Gasteiger charge is 2.43. The smallest absolute Gasteiger partial charge is 0.264 e. The van der Waals surface area contributed by atoms with Crippen molar-refractivity contribution in [1.82, 2.24) is 20.6 Å². The van der Waals surface area contributed by atoms with Crippen LogP contribution in [-0.2, 0) is 21.2 Å². The van der Waals surface area contributed by atoms with Gasteiger partial charge in [0.15, 0.2) is 14.6 Å². The molecule has 9 heteroatoms. The van der Waals surface area contributed by atoms with Gasteiger partial charge >= 0.3 is 0 Å². The summed E-state index contributed by atoms with van der Waals surface area (Å²) in [6.07, 6.45) is 4.82. The maximum absolute atomic E-state index is 12.1. The summed E-state index contributed by atoms with van der Waals surface area (Å²) in [6, 6.07) is 5.60. The Kier molecular flexibility index (Phi) is 7.01. The summed E-state index contributed by atoms with van der Waals surface area (Å²) < 4.78 is 24.0. The number of hydrogen-bond acceptors (Lipinski definition) is 6. The van der Waals surface area contributed by atoms with E-state index in [0.717, 1.165) is 48.7 Å². The van der Waals surface area contributed by atoms with E-state index in [4.69, 9.17) is 5.21 Å². The van der Waals surface area contributed by atoms with Crippen molar-refractivity contribution in [1.29, 1.82) is 0 Å². The van der Waals surface area contributed by atoms with Gasteiger partial charge in [0, 0.05) is 35.9 Å². The number of amides is 1. The van der Waals surface area contributed by atoms with Crippen LogP contribution >= 0.6 is 0 Å². The Hall–Kier alpha value is -2.85. The van der Waals surface area contributed by atoms with Gasteiger partial charge in [0.2, 0.25) is 0 Å². The lowest BCUT2D eigenvalue weighted by Gasteiger charge is -2.24. The standard InChI is InChI=1S/C22H26N4O4S/c1-22(21(27)25-28,31(2,29)30)11-14-26-16-19-15-18(7-8-20(19)24-26)6-4-3-5-17-9-12-23-13-10-17/h7-8,15-17,23,28H,9-14H2,1-2H3,(H,25,27). The number of nitrogens with zero attached hydrogens (tertiary/aromatic N) is 2. The highest BCUT2D eigenvalue weighted by atomic mass is 32.2. The van der Waals surface area contributed by atoms with E-state index in [1.54, 1.807) is 10.9 Å². The Morgan fingerprint density at radius 1 is 1.35 bits per heavy atom. The SMILES string of the molecule is CC(CCn1cc2cc(C#CC#CC3CCNCC3)ccc2n1)(C(=O)NO)S(C)(=O)=O. The Morgan fingerprint density at radius 3 is 2.77 bits per heavy atom. The van der Waals surface area contributed by atoms with Crippen molar-refractivity contribution in [2.45, 2.75) is 37.5 Å². The average molecular weight is 443 g/mol. The van der Waals surface area contributed by atoms with Gasteiger partial charge in [-0.1, -0.05) is 11.8 Å². The number of nitrogens with one attached hydrogen (secondary N) is 2. The van der Waals surface area contributed by atoms with Crippen LogP contribution in [0.3, 0.4) is 0 Å². The summed E-state index contributed by atoms with van der Waals surface area (Å²) in [5.74, 6) is 11.6. The molecule has 0 spiro atoms. The lowest BCUT2D eigenvalue weighted by Crippen LogP contribution is -2.49. The van der Waals surface area contributed by atoms with E-state index >= 15 is 0 Å². The second kappa shape index (κ2) is 9.52. The van der Waals surface area contributed by atoms with Crippen LogP contribution in [0.1, 0.15) is 31.7 Å². The van der Waals surface area contributed by atoms with Crippen LogP contribution in [0.15, 0.2) is 24.4 Å². The first-order chi connectivity index (χ1) is 14.7. The summed E-state index contributed by atoms with van der Waals surface area (Å²) in [6.45, 7) is 3.48. The van der Waals surface area contributed by atoms with Crippen molar-refractivity contribution in [3.8, 4) is 23.7 Å². The number of aryl methyl sites for hydroxylation is 1. The molecule has 1 aliphatic rings. The minimum absolute atomic E-state index is 0.0366. The van der Waals surface area contributed by atoms with Crippen molar-refractivity contribution in [2.24, 2.45) is 5.92 Å². The molecule has 0 radical (unpaired) electrons. The van der Waals surface area contributed by atoms with Crippen molar-refractivity contribution in [3.63, 3.8) is 0 Å². The number of sulfone groups is 1. The zero-order valence-corrected chi connectivity index (χ0v) is 18.4. The lowest BCUT2D eigenvalue weighted by atomic mass is 9.99. The van der Waals surface area contributed by atoms with Crippen LogP contribution in [0, 0.1) is 29.6 Å². The molecule has 0 aliphatic carbocycles. The predicted molar refractivity (Wildman–Crippen MR) is 118 cm³/mol. The van der Waals surface area contributed by atoms with E-state index in [0.29, 0.717) is 5.92 Å². The first kappa shape index (κ1) is 22.8. The second-order valence-corrected chi connectivity index (χ2v) is 10.3. The molecule has 0 bridgehead atoms. The molecule has 164 valence electrons. The number of fused-ring (bicyclic) bond motifs is 1. The third kappa shape index (κ3) is 5.45. The molecule has 3 rings (SSSR count). The van der Waals surface area contributed by atoms with Gasteiger partial charge in [-0.25, -0.2) is 13.9 Å². The summed E-state index contributed by atoms with van der Waals surface area (Å²) in [5.41, 5.74) is 3.00. The van der Waals surface area contributed by atoms with Gasteiger partial charge in [-0.05, 0) is 69.3 Å². The molecule has 3 N–H and O–H groups in total. The Morgan fingerprint density at radius 2 is 2.10 bits per heavy atom. The molecule has 1 saturated heterocycles. The van der Waals surface area contributed by atoms with Gasteiger partial charge in [0.25, 0.3) is 5.91 Å². The molecule has 1 fully saturated rings. The molecular weight excluding hydrogens is 416 g/mol. The lowest BCUT2D eigenvalue weighted by molar-refractivity contribution is -0.131. The topological polar surface area (TPSA) is 113 Å². The van der Waals surface area contributed by atoms with Gasteiger partial charge in [0.1, 0.15) is 0 Å². The fourth-order valence-electron chi connectivity index (χ4n) is 3.39. The molecule has 1 atom stereocenters. The van der Waals surface area contributed by atoms with Gasteiger partial charge in [-0.3, -0.25) is 14.7 Å². The fraction of sp³-hybridized carbons (Fsp3) is 0.455. The van der Waals surface area contributed by atoms with Crippen LogP contribution in [-0.4, -0.2) is 53.4 Å². The van der Waals surface area contributed by atoms with Crippen LogP contribution in [0.2, 0.25) is 0 Å². The molecular formula is C22H26N4O4S. The largest absolute Gasteiger partial charge is 0.317 e. The number of piperidine rings is 1. The summed E-state index contributed by atoms with van der Waals surface area (Å²) in [4.78, 5) is 11.9. The number of hydroxylamine groups is 1. The molecule has 1 aromatic heterocycles. The highest BCUT2D eigenvalue weighted by molar-refractivity contribution is 7.92. The Labute approximate surface area is 182 Å². The number of rotatable bonds is 5. The van der Waals surface area contributed by atoms with Gasteiger partial charge < -0.3 is 5.32 Å². The predicted octanol–water partition coefficient (Wildman–Crippen LogP) is 1.09. The molecule has 1 unspecified atom stereocenters. The van der Waals surface area contributed by atoms with Gasteiger partial charge in [-0.15, -0.1) is 0 Å². The molecule has 31 heavy (non-hydrogen) atoms. The van der Waals surface area contributed by atoms with E-state index in [1.807, 2.05) is 18.2 Å². The third-order valence-electron chi connectivity index (χ3n) is 5.65. The molecule has 2 heterocycles. The van der Waals surface area contributed by atoms with Crippen LogP contribution in [0.4, 0.5) is 0 Å². The number of aromatic nitrogens is 2. The number of benzene rings is 1. The van der Waals surface area contributed by atoms with Gasteiger partial charge in [-0.2, -0.15) is 5.10 Å². The second-order valence-electron chi connectivity index (χ2n) is 7.90. The number of carbonyl (C=O) groups excluding carboxylic acids is 1. The summed E-state index contributed by atoms with van der Waals surface area (Å²) >= 11 is 0. The number of carbonyl (C=O) groups is 1. The van der Waals surface area contributed by atoms with E-state index in [-0.39, 0.29) is 13.0 Å². The molecule has 1 aromatic carbocycles. The molecule has 8 nitrogen and oxygen atoms in total. The fourth-order valence-corrected chi connectivity index (χ4v) is 4.23. The molecule has 1 aliphatic heterocycles. The van der Waals surface area contributed by atoms with Crippen molar-refractivity contribution in [3.05, 3.63) is 30.0 Å². The Balaban J connectivity index is 1.72. The Bertz CT molecular complexity index is 1190.